The fraction of sp³-hybridized carbons (Fsp3) is 0.286. The van der Waals surface area contributed by atoms with Crippen LogP contribution in [0.15, 0.2) is 27.5 Å². The van der Waals surface area contributed by atoms with E-state index in [1.807, 2.05) is 32.0 Å². The van der Waals surface area contributed by atoms with E-state index >= 15 is 0 Å². The van der Waals surface area contributed by atoms with Crippen LogP contribution in [0.1, 0.15) is 18.2 Å². The molecule has 0 atom stereocenters. The molecule has 1 heterocycles. The lowest BCUT2D eigenvalue weighted by molar-refractivity contribution is 0.412. The van der Waals surface area contributed by atoms with E-state index in [-0.39, 0.29) is 5.56 Å². The van der Waals surface area contributed by atoms with Crippen LogP contribution < -0.4 is 10.3 Å². The molecule has 2 aromatic rings. The molecule has 0 aliphatic rings. The molecule has 4 nitrogen and oxygen atoms in total. The third kappa shape index (κ3) is 2.71. The van der Waals surface area contributed by atoms with E-state index in [1.165, 1.54) is 0 Å². The summed E-state index contributed by atoms with van der Waals surface area (Å²) in [5, 5.41) is 0. The average Bonchev–Trinajstić information content (AvgIpc) is 2.41. The highest BCUT2D eigenvalue weighted by Gasteiger charge is 2.10. The van der Waals surface area contributed by atoms with Gasteiger partial charge in [0.1, 0.15) is 16.0 Å². The van der Waals surface area contributed by atoms with Gasteiger partial charge in [-0.15, -0.1) is 0 Å². The van der Waals surface area contributed by atoms with Gasteiger partial charge in [-0.1, -0.05) is 6.92 Å². The first-order valence-electron chi connectivity index (χ1n) is 6.00. The number of nitrogens with one attached hydrogen (secondary N) is 1. The number of aromatic amines is 1. The molecule has 0 aliphatic carbocycles. The van der Waals surface area contributed by atoms with Crippen molar-refractivity contribution in [2.24, 2.45) is 0 Å². The van der Waals surface area contributed by atoms with Gasteiger partial charge in [0.05, 0.1) is 12.8 Å². The summed E-state index contributed by atoms with van der Waals surface area (Å²) in [6.07, 6.45) is 0.701. The van der Waals surface area contributed by atoms with Crippen LogP contribution in [0.3, 0.4) is 0 Å². The van der Waals surface area contributed by atoms with Crippen LogP contribution in [0.4, 0.5) is 0 Å². The number of ether oxygens (including phenoxy) is 1. The lowest BCUT2D eigenvalue weighted by atomic mass is 10.1. The Balaban J connectivity index is 2.56. The standard InChI is InChI=1S/C14H15BrN2O2/c1-4-10-12(15)14(18)17-13(16-10)9-5-6-11(19-3)8(2)7-9/h5-7H,4H2,1-3H3,(H,16,17,18). The zero-order valence-electron chi connectivity index (χ0n) is 11.1. The number of rotatable bonds is 3. The number of hydrogen-bond acceptors (Lipinski definition) is 3. The first-order valence-corrected chi connectivity index (χ1v) is 6.79. The SMILES string of the molecule is CCc1nc(-c2ccc(OC)c(C)c2)[nH]c(=O)c1Br. The second-order valence-electron chi connectivity index (χ2n) is 4.21. The number of hydrogen-bond donors (Lipinski definition) is 1. The number of benzene rings is 1. The molecule has 0 bridgehead atoms. The van der Waals surface area contributed by atoms with Crippen molar-refractivity contribution >= 4 is 15.9 Å². The van der Waals surface area contributed by atoms with E-state index in [1.54, 1.807) is 7.11 Å². The van der Waals surface area contributed by atoms with Crippen molar-refractivity contribution in [3.8, 4) is 17.1 Å². The summed E-state index contributed by atoms with van der Waals surface area (Å²) in [4.78, 5) is 19.1. The summed E-state index contributed by atoms with van der Waals surface area (Å²) in [7, 11) is 1.64. The normalized spacial score (nSPS) is 10.5. The van der Waals surface area contributed by atoms with Gasteiger partial charge in [-0.25, -0.2) is 4.98 Å². The second-order valence-corrected chi connectivity index (χ2v) is 5.01. The van der Waals surface area contributed by atoms with Gasteiger partial charge in [-0.3, -0.25) is 4.79 Å². The molecule has 0 radical (unpaired) electrons. The second kappa shape index (κ2) is 5.57. The third-order valence-corrected chi connectivity index (χ3v) is 3.75. The minimum atomic E-state index is -0.157. The number of halogens is 1. The van der Waals surface area contributed by atoms with Gasteiger partial charge in [0.25, 0.3) is 5.56 Å². The van der Waals surface area contributed by atoms with E-state index in [9.17, 15) is 4.79 Å². The van der Waals surface area contributed by atoms with E-state index in [2.05, 4.69) is 25.9 Å². The van der Waals surface area contributed by atoms with Gasteiger partial charge in [-0.05, 0) is 53.0 Å². The van der Waals surface area contributed by atoms with Crippen LogP contribution in [0.2, 0.25) is 0 Å². The Morgan fingerprint density at radius 1 is 1.42 bits per heavy atom. The lowest BCUT2D eigenvalue weighted by Crippen LogP contribution is -2.13. The van der Waals surface area contributed by atoms with E-state index in [0.29, 0.717) is 16.7 Å². The summed E-state index contributed by atoms with van der Waals surface area (Å²) >= 11 is 3.26. The van der Waals surface area contributed by atoms with E-state index in [0.717, 1.165) is 22.6 Å². The summed E-state index contributed by atoms with van der Waals surface area (Å²) in [5.74, 6) is 1.40. The van der Waals surface area contributed by atoms with Crippen LogP contribution >= 0.6 is 15.9 Å². The van der Waals surface area contributed by atoms with Crippen molar-refractivity contribution in [2.75, 3.05) is 7.11 Å². The van der Waals surface area contributed by atoms with Gasteiger partial charge in [-0.2, -0.15) is 0 Å². The van der Waals surface area contributed by atoms with Crippen molar-refractivity contribution in [2.45, 2.75) is 20.3 Å². The molecule has 0 unspecified atom stereocenters. The predicted octanol–water partition coefficient (Wildman–Crippen LogP) is 3.08. The molecule has 0 saturated heterocycles. The summed E-state index contributed by atoms with van der Waals surface area (Å²) in [6, 6.07) is 5.71. The molecule has 2 rings (SSSR count). The molecule has 0 saturated carbocycles. The predicted molar refractivity (Wildman–Crippen MR) is 78.7 cm³/mol. The van der Waals surface area contributed by atoms with Gasteiger partial charge in [0, 0.05) is 5.56 Å². The zero-order valence-corrected chi connectivity index (χ0v) is 12.7. The number of aryl methyl sites for hydroxylation is 2. The van der Waals surface area contributed by atoms with Crippen molar-refractivity contribution in [3.05, 3.63) is 44.3 Å². The number of aromatic nitrogens is 2. The van der Waals surface area contributed by atoms with E-state index in [4.69, 9.17) is 4.74 Å². The molecule has 0 spiro atoms. The first-order chi connectivity index (χ1) is 9.06. The van der Waals surface area contributed by atoms with Crippen LogP contribution in [-0.4, -0.2) is 17.1 Å². The largest absolute Gasteiger partial charge is 0.496 e. The summed E-state index contributed by atoms with van der Waals surface area (Å²) in [5.41, 5.74) is 2.48. The van der Waals surface area contributed by atoms with Crippen molar-refractivity contribution < 1.29 is 4.74 Å². The summed E-state index contributed by atoms with van der Waals surface area (Å²) in [6.45, 7) is 3.93. The topological polar surface area (TPSA) is 55.0 Å². The molecule has 1 N–H and O–H groups in total. The molecule has 1 aromatic heterocycles. The Bertz CT molecular complexity index is 665. The molecule has 0 aliphatic heterocycles. The van der Waals surface area contributed by atoms with E-state index < -0.39 is 0 Å². The fourth-order valence-corrected chi connectivity index (χ4v) is 2.37. The Morgan fingerprint density at radius 2 is 2.16 bits per heavy atom. The van der Waals surface area contributed by atoms with Gasteiger partial charge >= 0.3 is 0 Å². The Kier molecular flexibility index (Phi) is 4.04. The lowest BCUT2D eigenvalue weighted by Gasteiger charge is -2.08. The number of nitrogens with zero attached hydrogens (tertiary/aromatic N) is 1. The Hall–Kier alpha value is -1.62. The Labute approximate surface area is 120 Å². The van der Waals surface area contributed by atoms with Crippen LogP contribution in [-0.2, 0) is 6.42 Å². The molecule has 1 aromatic carbocycles. The smallest absolute Gasteiger partial charge is 0.265 e. The first kappa shape index (κ1) is 13.8. The fourth-order valence-electron chi connectivity index (χ4n) is 1.90. The molecule has 0 amide bonds. The molecule has 0 fully saturated rings. The zero-order chi connectivity index (χ0) is 14.0. The molecule has 5 heteroatoms. The average molecular weight is 323 g/mol. The highest BCUT2D eigenvalue weighted by atomic mass is 79.9. The molecular formula is C14H15BrN2O2. The minimum Gasteiger partial charge on any atom is -0.496 e. The quantitative estimate of drug-likeness (QED) is 0.944. The maximum Gasteiger partial charge on any atom is 0.265 e. The number of H-pyrrole nitrogens is 1. The van der Waals surface area contributed by atoms with Crippen LogP contribution in [0, 0.1) is 6.92 Å². The highest BCUT2D eigenvalue weighted by Crippen LogP contribution is 2.24. The van der Waals surface area contributed by atoms with Crippen LogP contribution in [0.5, 0.6) is 5.75 Å². The van der Waals surface area contributed by atoms with Crippen molar-refractivity contribution in [3.63, 3.8) is 0 Å². The number of methoxy groups -OCH3 is 1. The minimum absolute atomic E-state index is 0.157. The van der Waals surface area contributed by atoms with Gasteiger partial charge in [0.2, 0.25) is 0 Å². The monoisotopic (exact) mass is 322 g/mol. The Morgan fingerprint density at radius 3 is 2.74 bits per heavy atom. The van der Waals surface area contributed by atoms with Crippen molar-refractivity contribution in [1.29, 1.82) is 0 Å². The third-order valence-electron chi connectivity index (χ3n) is 2.93. The summed E-state index contributed by atoms with van der Waals surface area (Å²) < 4.78 is 5.73. The van der Waals surface area contributed by atoms with Gasteiger partial charge in [0.15, 0.2) is 0 Å². The van der Waals surface area contributed by atoms with Gasteiger partial charge < -0.3 is 9.72 Å². The molecular weight excluding hydrogens is 308 g/mol. The molecule has 100 valence electrons. The van der Waals surface area contributed by atoms with Crippen molar-refractivity contribution in [1.82, 2.24) is 9.97 Å². The van der Waals surface area contributed by atoms with Crippen LogP contribution in [0.25, 0.3) is 11.4 Å². The maximum atomic E-state index is 11.8. The highest BCUT2D eigenvalue weighted by molar-refractivity contribution is 9.10. The maximum absolute atomic E-state index is 11.8. The molecule has 19 heavy (non-hydrogen) atoms.